The highest BCUT2D eigenvalue weighted by atomic mass is 16.4. The molecule has 1 N–H and O–H groups in total. The van der Waals surface area contributed by atoms with Gasteiger partial charge in [-0.15, -0.1) is 0 Å². The van der Waals surface area contributed by atoms with Gasteiger partial charge in [-0.25, -0.2) is 0 Å². The topological polar surface area (TPSA) is 62.5 Å². The van der Waals surface area contributed by atoms with E-state index < -0.39 is 5.97 Å². The zero-order valence-corrected chi connectivity index (χ0v) is 10.8. The molecule has 102 valence electrons. The van der Waals surface area contributed by atoms with Gasteiger partial charge in [0.1, 0.15) is 12.2 Å². The summed E-state index contributed by atoms with van der Waals surface area (Å²) in [6, 6.07) is 11.3. The van der Waals surface area contributed by atoms with E-state index >= 15 is 0 Å². The first-order valence-electron chi connectivity index (χ1n) is 6.38. The Balaban J connectivity index is 1.82. The molecule has 1 aliphatic rings. The molecule has 1 aromatic heterocycles. The molecule has 0 bridgehead atoms. The van der Waals surface area contributed by atoms with E-state index in [9.17, 15) is 9.59 Å². The van der Waals surface area contributed by atoms with E-state index in [1.54, 1.807) is 23.2 Å². The van der Waals surface area contributed by atoms with Gasteiger partial charge in [0.15, 0.2) is 0 Å². The molecule has 0 spiro atoms. The summed E-state index contributed by atoms with van der Waals surface area (Å²) in [6.07, 6.45) is 1.62. The Labute approximate surface area is 116 Å². The number of benzene rings is 1. The van der Waals surface area contributed by atoms with Crippen molar-refractivity contribution in [3.8, 4) is 0 Å². The third kappa shape index (κ3) is 2.18. The van der Waals surface area contributed by atoms with E-state index in [-0.39, 0.29) is 12.5 Å². The molecule has 2 heterocycles. The molecular weight excluding hydrogens is 256 g/mol. The van der Waals surface area contributed by atoms with E-state index in [4.69, 9.17) is 5.11 Å². The summed E-state index contributed by atoms with van der Waals surface area (Å²) in [7, 11) is 0. The van der Waals surface area contributed by atoms with Gasteiger partial charge in [-0.1, -0.05) is 24.3 Å². The normalized spacial score (nSPS) is 13.3. The number of carboxylic acid groups (broad SMARTS) is 1. The zero-order valence-electron chi connectivity index (χ0n) is 10.8. The van der Waals surface area contributed by atoms with E-state index in [1.807, 2.05) is 24.3 Å². The molecule has 2 aromatic rings. The van der Waals surface area contributed by atoms with Crippen molar-refractivity contribution in [3.63, 3.8) is 0 Å². The number of carbonyl (C=O) groups is 2. The van der Waals surface area contributed by atoms with Crippen molar-refractivity contribution in [3.05, 3.63) is 59.4 Å². The molecule has 0 saturated carbocycles. The predicted molar refractivity (Wildman–Crippen MR) is 72.1 cm³/mol. The van der Waals surface area contributed by atoms with E-state index in [2.05, 4.69) is 0 Å². The fraction of sp³-hybridized carbons (Fsp3) is 0.200. The second-order valence-electron chi connectivity index (χ2n) is 4.84. The lowest BCUT2D eigenvalue weighted by Gasteiger charge is -2.16. The number of aromatic nitrogens is 1. The highest BCUT2D eigenvalue weighted by Crippen LogP contribution is 2.24. The first kappa shape index (κ1) is 12.5. The van der Waals surface area contributed by atoms with Gasteiger partial charge in [0, 0.05) is 19.3 Å². The number of carboxylic acids is 1. The lowest BCUT2D eigenvalue weighted by atomic mass is 10.1. The minimum absolute atomic E-state index is 0.132. The molecule has 1 amide bonds. The van der Waals surface area contributed by atoms with Crippen LogP contribution in [-0.2, 0) is 24.4 Å². The number of carbonyl (C=O) groups excluding carboxylic acids is 1. The molecule has 0 saturated heterocycles. The van der Waals surface area contributed by atoms with Crippen LogP contribution in [-0.4, -0.2) is 26.5 Å². The average molecular weight is 270 g/mol. The number of aliphatic carboxylic acids is 1. The van der Waals surface area contributed by atoms with Crippen molar-refractivity contribution in [2.75, 3.05) is 0 Å². The van der Waals surface area contributed by atoms with Gasteiger partial charge in [0.05, 0.1) is 0 Å². The van der Waals surface area contributed by atoms with Crippen LogP contribution in [0, 0.1) is 0 Å². The van der Waals surface area contributed by atoms with Gasteiger partial charge in [0.25, 0.3) is 5.91 Å². The molecule has 20 heavy (non-hydrogen) atoms. The highest BCUT2D eigenvalue weighted by molar-refractivity contribution is 5.93. The van der Waals surface area contributed by atoms with Crippen LogP contribution in [0.1, 0.15) is 21.6 Å². The smallest absolute Gasteiger partial charge is 0.323 e. The Kier molecular flexibility index (Phi) is 3.02. The van der Waals surface area contributed by atoms with E-state index in [1.165, 1.54) is 4.57 Å². The number of hydrogen-bond donors (Lipinski definition) is 1. The van der Waals surface area contributed by atoms with Crippen molar-refractivity contribution in [2.24, 2.45) is 0 Å². The number of fused-ring (bicyclic) bond motifs is 1. The van der Waals surface area contributed by atoms with E-state index in [0.717, 1.165) is 11.1 Å². The molecule has 1 aromatic carbocycles. The molecule has 0 unspecified atom stereocenters. The van der Waals surface area contributed by atoms with Gasteiger partial charge in [-0.3, -0.25) is 9.59 Å². The predicted octanol–water partition coefficient (Wildman–Crippen LogP) is 1.73. The van der Waals surface area contributed by atoms with Crippen LogP contribution < -0.4 is 0 Å². The second kappa shape index (κ2) is 4.85. The van der Waals surface area contributed by atoms with Crippen LogP contribution in [0.2, 0.25) is 0 Å². The average Bonchev–Trinajstić information content (AvgIpc) is 3.03. The van der Waals surface area contributed by atoms with Crippen molar-refractivity contribution in [2.45, 2.75) is 19.6 Å². The Bertz CT molecular complexity index is 650. The Morgan fingerprint density at radius 1 is 1.05 bits per heavy atom. The van der Waals surface area contributed by atoms with Crippen LogP contribution in [0.4, 0.5) is 0 Å². The summed E-state index contributed by atoms with van der Waals surface area (Å²) >= 11 is 0. The SMILES string of the molecule is O=C(O)Cn1cccc1C(=O)N1Cc2ccccc2C1. The number of amides is 1. The molecule has 0 aliphatic carbocycles. The zero-order chi connectivity index (χ0) is 14.1. The van der Waals surface area contributed by atoms with Crippen LogP contribution >= 0.6 is 0 Å². The third-order valence-electron chi connectivity index (χ3n) is 3.48. The van der Waals surface area contributed by atoms with Crippen molar-refractivity contribution >= 4 is 11.9 Å². The molecule has 0 atom stereocenters. The van der Waals surface area contributed by atoms with Crippen molar-refractivity contribution in [1.82, 2.24) is 9.47 Å². The largest absolute Gasteiger partial charge is 0.480 e. The quantitative estimate of drug-likeness (QED) is 0.923. The van der Waals surface area contributed by atoms with Gasteiger partial charge in [-0.05, 0) is 23.3 Å². The van der Waals surface area contributed by atoms with Gasteiger partial charge >= 0.3 is 5.97 Å². The molecule has 0 radical (unpaired) electrons. The van der Waals surface area contributed by atoms with Gasteiger partial charge in [0.2, 0.25) is 0 Å². The summed E-state index contributed by atoms with van der Waals surface area (Å²) in [4.78, 5) is 25.0. The molecule has 0 fully saturated rings. The fourth-order valence-electron chi connectivity index (χ4n) is 2.53. The van der Waals surface area contributed by atoms with Crippen molar-refractivity contribution in [1.29, 1.82) is 0 Å². The maximum atomic E-state index is 12.5. The summed E-state index contributed by atoms with van der Waals surface area (Å²) in [5.41, 5.74) is 2.72. The van der Waals surface area contributed by atoms with Crippen LogP contribution in [0.15, 0.2) is 42.6 Å². The maximum Gasteiger partial charge on any atom is 0.323 e. The monoisotopic (exact) mass is 270 g/mol. The van der Waals surface area contributed by atoms with Crippen LogP contribution in [0.5, 0.6) is 0 Å². The Hall–Kier alpha value is -2.56. The number of nitrogens with zero attached hydrogens (tertiary/aromatic N) is 2. The molecule has 5 nitrogen and oxygen atoms in total. The minimum Gasteiger partial charge on any atom is -0.480 e. The molecule has 3 rings (SSSR count). The van der Waals surface area contributed by atoms with Gasteiger partial charge in [-0.2, -0.15) is 0 Å². The van der Waals surface area contributed by atoms with Crippen LogP contribution in [0.25, 0.3) is 0 Å². The second-order valence-corrected chi connectivity index (χ2v) is 4.84. The summed E-state index contributed by atoms with van der Waals surface area (Å²) in [5.74, 6) is -1.09. The standard InChI is InChI=1S/C15H14N2O3/c18-14(19)10-16-7-3-6-13(16)15(20)17-8-11-4-1-2-5-12(11)9-17/h1-7H,8-10H2,(H,18,19). The van der Waals surface area contributed by atoms with E-state index in [0.29, 0.717) is 18.8 Å². The number of rotatable bonds is 3. The maximum absolute atomic E-state index is 12.5. The minimum atomic E-state index is -0.958. The van der Waals surface area contributed by atoms with Crippen LogP contribution in [0.3, 0.4) is 0 Å². The molecule has 1 aliphatic heterocycles. The summed E-state index contributed by atoms with van der Waals surface area (Å²) in [6.45, 7) is 0.954. The summed E-state index contributed by atoms with van der Waals surface area (Å²) in [5, 5.41) is 8.85. The third-order valence-corrected chi connectivity index (χ3v) is 3.48. The molecular formula is C15H14N2O3. The van der Waals surface area contributed by atoms with Gasteiger partial charge < -0.3 is 14.6 Å². The fourth-order valence-corrected chi connectivity index (χ4v) is 2.53. The lowest BCUT2D eigenvalue weighted by Crippen LogP contribution is -2.28. The first-order chi connectivity index (χ1) is 9.65. The lowest BCUT2D eigenvalue weighted by molar-refractivity contribution is -0.137. The number of hydrogen-bond acceptors (Lipinski definition) is 2. The highest BCUT2D eigenvalue weighted by Gasteiger charge is 2.25. The molecule has 5 heteroatoms. The summed E-state index contributed by atoms with van der Waals surface area (Å²) < 4.78 is 1.47. The Morgan fingerprint density at radius 2 is 1.70 bits per heavy atom. The first-order valence-corrected chi connectivity index (χ1v) is 6.38. The van der Waals surface area contributed by atoms with Crippen molar-refractivity contribution < 1.29 is 14.7 Å². The Morgan fingerprint density at radius 3 is 2.30 bits per heavy atom.